The fourth-order valence-corrected chi connectivity index (χ4v) is 4.33. The first-order valence-corrected chi connectivity index (χ1v) is 9.99. The molecule has 0 aliphatic rings. The zero-order valence-electron chi connectivity index (χ0n) is 14.3. The van der Waals surface area contributed by atoms with E-state index in [4.69, 9.17) is 9.47 Å². The highest BCUT2D eigenvalue weighted by Crippen LogP contribution is 2.29. The third-order valence-corrected chi connectivity index (χ3v) is 5.73. The van der Waals surface area contributed by atoms with E-state index in [1.54, 1.807) is 12.1 Å². The summed E-state index contributed by atoms with van der Waals surface area (Å²) in [4.78, 5) is 5.29. The largest absolute Gasteiger partial charge is 0.494 e. The molecular weight excluding hydrogens is 348 g/mol. The van der Waals surface area contributed by atoms with Crippen molar-refractivity contribution in [2.45, 2.75) is 39.1 Å². The second-order valence-electron chi connectivity index (χ2n) is 5.04. The van der Waals surface area contributed by atoms with Gasteiger partial charge in [0.15, 0.2) is 0 Å². The van der Waals surface area contributed by atoms with Crippen LogP contribution in [0.1, 0.15) is 29.4 Å². The first-order valence-electron chi connectivity index (χ1n) is 7.69. The van der Waals surface area contributed by atoms with Crippen molar-refractivity contribution >= 4 is 21.4 Å². The molecule has 0 radical (unpaired) electrons. The Morgan fingerprint density at radius 2 is 1.88 bits per heavy atom. The first kappa shape index (κ1) is 18.7. The molecule has 0 fully saturated rings. The van der Waals surface area contributed by atoms with Gasteiger partial charge < -0.3 is 9.47 Å². The third kappa shape index (κ3) is 4.46. The van der Waals surface area contributed by atoms with E-state index in [9.17, 15) is 8.42 Å². The van der Waals surface area contributed by atoms with Crippen LogP contribution in [0.25, 0.3) is 0 Å². The molecule has 1 N–H and O–H groups in total. The lowest BCUT2D eigenvalue weighted by Gasteiger charge is -2.13. The van der Waals surface area contributed by atoms with Crippen LogP contribution in [0.2, 0.25) is 0 Å². The Morgan fingerprint density at radius 3 is 2.46 bits per heavy atom. The monoisotopic (exact) mass is 370 g/mol. The van der Waals surface area contributed by atoms with Gasteiger partial charge in [0, 0.05) is 17.5 Å². The minimum absolute atomic E-state index is 0.0780. The summed E-state index contributed by atoms with van der Waals surface area (Å²) in [5, 5.41) is 0.912. The number of aromatic nitrogens is 1. The zero-order valence-corrected chi connectivity index (χ0v) is 15.9. The summed E-state index contributed by atoms with van der Waals surface area (Å²) in [7, 11) is -3.74. The van der Waals surface area contributed by atoms with Crippen LogP contribution in [0.4, 0.5) is 0 Å². The molecule has 2 rings (SSSR count). The second-order valence-corrected chi connectivity index (χ2v) is 8.06. The summed E-state index contributed by atoms with van der Waals surface area (Å²) in [6, 6.07) is 4.80. The summed E-state index contributed by atoms with van der Waals surface area (Å²) < 4.78 is 38.9. The molecule has 132 valence electrons. The van der Waals surface area contributed by atoms with Crippen LogP contribution in [0.15, 0.2) is 23.1 Å². The number of aryl methyl sites for hydroxylation is 2. The topological polar surface area (TPSA) is 77.5 Å². The van der Waals surface area contributed by atoms with Gasteiger partial charge in [-0.3, -0.25) is 0 Å². The Bertz CT molecular complexity index is 800. The standard InChI is InChI=1S/C16H22N2O4S2/c1-5-21-13-7-8-14(22-6-2)16(9-13)24(19,20)17-10-15-11(3)18-12(4)23-15/h7-9,17H,5-6,10H2,1-4H3. The van der Waals surface area contributed by atoms with Crippen molar-refractivity contribution in [3.05, 3.63) is 33.8 Å². The first-order chi connectivity index (χ1) is 11.4. The van der Waals surface area contributed by atoms with Gasteiger partial charge in [0.2, 0.25) is 10.0 Å². The smallest absolute Gasteiger partial charge is 0.244 e. The van der Waals surface area contributed by atoms with Crippen LogP contribution >= 0.6 is 11.3 Å². The number of nitrogens with one attached hydrogen (secondary N) is 1. The number of benzene rings is 1. The lowest BCUT2D eigenvalue weighted by Crippen LogP contribution is -2.24. The van der Waals surface area contributed by atoms with Crippen molar-refractivity contribution in [1.29, 1.82) is 0 Å². The molecule has 6 nitrogen and oxygen atoms in total. The molecule has 0 spiro atoms. The van der Waals surface area contributed by atoms with E-state index >= 15 is 0 Å². The van der Waals surface area contributed by atoms with Crippen LogP contribution in [-0.2, 0) is 16.6 Å². The molecular formula is C16H22N2O4S2. The average Bonchev–Trinajstić information content (AvgIpc) is 2.85. The van der Waals surface area contributed by atoms with E-state index in [1.165, 1.54) is 17.4 Å². The minimum Gasteiger partial charge on any atom is -0.494 e. The molecule has 2 aromatic rings. The fraction of sp³-hybridized carbons (Fsp3) is 0.438. The van der Waals surface area contributed by atoms with E-state index in [0.717, 1.165) is 15.6 Å². The van der Waals surface area contributed by atoms with Gasteiger partial charge in [-0.1, -0.05) is 0 Å². The van der Waals surface area contributed by atoms with Crippen molar-refractivity contribution in [2.75, 3.05) is 13.2 Å². The van der Waals surface area contributed by atoms with E-state index < -0.39 is 10.0 Å². The van der Waals surface area contributed by atoms with E-state index in [-0.39, 0.29) is 11.4 Å². The zero-order chi connectivity index (χ0) is 17.7. The van der Waals surface area contributed by atoms with Gasteiger partial charge in [0.05, 0.1) is 23.9 Å². The van der Waals surface area contributed by atoms with Gasteiger partial charge in [-0.2, -0.15) is 0 Å². The van der Waals surface area contributed by atoms with E-state index in [0.29, 0.717) is 24.7 Å². The van der Waals surface area contributed by atoms with E-state index in [1.807, 2.05) is 27.7 Å². The molecule has 0 bridgehead atoms. The summed E-state index contributed by atoms with van der Waals surface area (Å²) >= 11 is 1.48. The van der Waals surface area contributed by atoms with Crippen molar-refractivity contribution in [3.63, 3.8) is 0 Å². The van der Waals surface area contributed by atoms with Crippen molar-refractivity contribution in [1.82, 2.24) is 9.71 Å². The summed E-state index contributed by atoms with van der Waals surface area (Å²) in [6.45, 7) is 8.46. The van der Waals surface area contributed by atoms with Crippen LogP contribution in [-0.4, -0.2) is 26.6 Å². The Balaban J connectivity index is 2.29. The SMILES string of the molecule is CCOc1ccc(OCC)c(S(=O)(=O)NCc2sc(C)nc2C)c1. The molecule has 24 heavy (non-hydrogen) atoms. The van der Waals surface area contributed by atoms with Gasteiger partial charge in [0.25, 0.3) is 0 Å². The Morgan fingerprint density at radius 1 is 1.17 bits per heavy atom. The average molecular weight is 370 g/mol. The normalized spacial score (nSPS) is 11.5. The van der Waals surface area contributed by atoms with E-state index in [2.05, 4.69) is 9.71 Å². The van der Waals surface area contributed by atoms with Gasteiger partial charge in [-0.25, -0.2) is 18.1 Å². The van der Waals surface area contributed by atoms with Crippen LogP contribution in [0.3, 0.4) is 0 Å². The number of rotatable bonds is 8. The quantitative estimate of drug-likeness (QED) is 0.773. The number of nitrogens with zero attached hydrogens (tertiary/aromatic N) is 1. The minimum atomic E-state index is -3.74. The molecule has 1 aromatic carbocycles. The molecule has 0 saturated carbocycles. The lowest BCUT2D eigenvalue weighted by molar-refractivity contribution is 0.322. The predicted octanol–water partition coefficient (Wildman–Crippen LogP) is 3.04. The van der Waals surface area contributed by atoms with Gasteiger partial charge in [0.1, 0.15) is 16.4 Å². The molecule has 0 atom stereocenters. The molecule has 0 unspecified atom stereocenters. The van der Waals surface area contributed by atoms with Crippen LogP contribution in [0, 0.1) is 13.8 Å². The Labute approximate surface area is 146 Å². The Kier molecular flexibility index (Phi) is 6.20. The Hall–Kier alpha value is -1.64. The summed E-state index contributed by atoms with van der Waals surface area (Å²) in [5.74, 6) is 0.803. The summed E-state index contributed by atoms with van der Waals surface area (Å²) in [6.07, 6.45) is 0. The van der Waals surface area contributed by atoms with Gasteiger partial charge >= 0.3 is 0 Å². The van der Waals surface area contributed by atoms with Crippen molar-refractivity contribution in [2.24, 2.45) is 0 Å². The molecule has 1 aromatic heterocycles. The molecule has 0 aliphatic carbocycles. The number of thiazole rings is 1. The molecule has 0 aliphatic heterocycles. The fourth-order valence-electron chi connectivity index (χ4n) is 2.21. The molecule has 0 amide bonds. The maximum atomic E-state index is 12.7. The third-order valence-electron chi connectivity index (χ3n) is 3.24. The summed E-state index contributed by atoms with van der Waals surface area (Å²) in [5.41, 5.74) is 0.841. The number of ether oxygens (including phenoxy) is 2. The highest BCUT2D eigenvalue weighted by molar-refractivity contribution is 7.89. The number of sulfonamides is 1. The van der Waals surface area contributed by atoms with Gasteiger partial charge in [-0.15, -0.1) is 11.3 Å². The highest BCUT2D eigenvalue weighted by atomic mass is 32.2. The molecule has 0 saturated heterocycles. The second kappa shape index (κ2) is 7.96. The molecule has 1 heterocycles. The predicted molar refractivity (Wildman–Crippen MR) is 94.4 cm³/mol. The molecule has 8 heteroatoms. The van der Waals surface area contributed by atoms with Crippen LogP contribution < -0.4 is 14.2 Å². The van der Waals surface area contributed by atoms with Crippen molar-refractivity contribution < 1.29 is 17.9 Å². The number of hydrogen-bond acceptors (Lipinski definition) is 6. The lowest BCUT2D eigenvalue weighted by atomic mass is 10.3. The highest BCUT2D eigenvalue weighted by Gasteiger charge is 2.21. The van der Waals surface area contributed by atoms with Crippen LogP contribution in [0.5, 0.6) is 11.5 Å². The van der Waals surface area contributed by atoms with Crippen molar-refractivity contribution in [3.8, 4) is 11.5 Å². The maximum absolute atomic E-state index is 12.7. The van der Waals surface area contributed by atoms with Gasteiger partial charge in [-0.05, 0) is 39.8 Å². The number of hydrogen-bond donors (Lipinski definition) is 1. The maximum Gasteiger partial charge on any atom is 0.244 e.